The van der Waals surface area contributed by atoms with Gasteiger partial charge in [-0.1, -0.05) is 19.9 Å². The van der Waals surface area contributed by atoms with E-state index in [1.165, 1.54) is 18.2 Å². The lowest BCUT2D eigenvalue weighted by molar-refractivity contribution is 0.248. The van der Waals surface area contributed by atoms with Gasteiger partial charge >= 0.3 is 6.03 Å². The van der Waals surface area contributed by atoms with Crippen molar-refractivity contribution in [2.75, 3.05) is 5.32 Å². The highest BCUT2D eigenvalue weighted by Gasteiger charge is 2.18. The molecule has 0 aliphatic carbocycles. The van der Waals surface area contributed by atoms with E-state index in [1.54, 1.807) is 6.07 Å². The van der Waals surface area contributed by atoms with Crippen LogP contribution in [-0.2, 0) is 0 Å². The minimum Gasteiger partial charge on any atom is -0.386 e. The molecule has 6 heteroatoms. The van der Waals surface area contributed by atoms with Gasteiger partial charge in [-0.05, 0) is 24.1 Å². The first-order valence-corrected chi connectivity index (χ1v) is 5.57. The van der Waals surface area contributed by atoms with E-state index in [0.29, 0.717) is 5.69 Å². The molecule has 0 bridgehead atoms. The Balaban J connectivity index is 2.63. The third-order valence-electron chi connectivity index (χ3n) is 2.37. The van der Waals surface area contributed by atoms with Gasteiger partial charge < -0.3 is 16.4 Å². The average Bonchev–Trinajstić information content (AvgIpc) is 2.25. The standard InChI is InChI=1S/C12H17FN4O/c1-7(2)10(11(14)15)17-12(18)16-9-5-3-4-8(13)6-9/h3-7,10H,1-2H3,(H3,14,15)(H2,16,17,18). The van der Waals surface area contributed by atoms with Crippen LogP contribution in [0.4, 0.5) is 14.9 Å². The first-order valence-electron chi connectivity index (χ1n) is 5.57. The molecule has 18 heavy (non-hydrogen) atoms. The highest BCUT2D eigenvalue weighted by Crippen LogP contribution is 2.09. The monoisotopic (exact) mass is 252 g/mol. The van der Waals surface area contributed by atoms with Crippen molar-refractivity contribution in [2.24, 2.45) is 11.7 Å². The number of amidine groups is 1. The zero-order chi connectivity index (χ0) is 13.7. The summed E-state index contributed by atoms with van der Waals surface area (Å²) >= 11 is 0. The van der Waals surface area contributed by atoms with Gasteiger partial charge in [-0.2, -0.15) is 0 Å². The number of carbonyl (C=O) groups excluding carboxylic acids is 1. The molecular weight excluding hydrogens is 235 g/mol. The van der Waals surface area contributed by atoms with Crippen molar-refractivity contribution >= 4 is 17.6 Å². The average molecular weight is 252 g/mol. The number of benzene rings is 1. The lowest BCUT2D eigenvalue weighted by Gasteiger charge is -2.21. The van der Waals surface area contributed by atoms with Gasteiger partial charge in [0.1, 0.15) is 11.7 Å². The van der Waals surface area contributed by atoms with Gasteiger partial charge in [-0.3, -0.25) is 5.41 Å². The Bertz CT molecular complexity index is 447. The van der Waals surface area contributed by atoms with Gasteiger partial charge in [0, 0.05) is 5.69 Å². The summed E-state index contributed by atoms with van der Waals surface area (Å²) in [4.78, 5) is 11.6. The predicted molar refractivity (Wildman–Crippen MR) is 69.1 cm³/mol. The van der Waals surface area contributed by atoms with Crippen LogP contribution in [-0.4, -0.2) is 17.9 Å². The fraction of sp³-hybridized carbons (Fsp3) is 0.333. The van der Waals surface area contributed by atoms with E-state index in [-0.39, 0.29) is 11.8 Å². The molecule has 2 amide bonds. The number of anilines is 1. The summed E-state index contributed by atoms with van der Waals surface area (Å²) in [7, 11) is 0. The zero-order valence-electron chi connectivity index (χ0n) is 10.3. The number of hydrogen-bond acceptors (Lipinski definition) is 2. The van der Waals surface area contributed by atoms with Crippen molar-refractivity contribution in [1.82, 2.24) is 5.32 Å². The lowest BCUT2D eigenvalue weighted by atomic mass is 10.0. The molecule has 1 aromatic carbocycles. The van der Waals surface area contributed by atoms with Gasteiger partial charge in [0.2, 0.25) is 0 Å². The normalized spacial score (nSPS) is 12.0. The Kier molecular flexibility index (Phi) is 4.65. The molecule has 1 atom stereocenters. The molecule has 0 aliphatic rings. The van der Waals surface area contributed by atoms with Crippen LogP contribution in [0.5, 0.6) is 0 Å². The summed E-state index contributed by atoms with van der Waals surface area (Å²) in [6, 6.07) is 4.50. The quantitative estimate of drug-likeness (QED) is 0.487. The molecule has 5 nitrogen and oxygen atoms in total. The summed E-state index contributed by atoms with van der Waals surface area (Å²) < 4.78 is 12.9. The second-order valence-corrected chi connectivity index (χ2v) is 4.29. The Morgan fingerprint density at radius 3 is 2.61 bits per heavy atom. The maximum atomic E-state index is 12.9. The summed E-state index contributed by atoms with van der Waals surface area (Å²) in [5.41, 5.74) is 5.73. The van der Waals surface area contributed by atoms with E-state index >= 15 is 0 Å². The number of urea groups is 1. The number of nitrogens with one attached hydrogen (secondary N) is 3. The van der Waals surface area contributed by atoms with Crippen molar-refractivity contribution in [3.8, 4) is 0 Å². The van der Waals surface area contributed by atoms with Crippen molar-refractivity contribution in [2.45, 2.75) is 19.9 Å². The van der Waals surface area contributed by atoms with E-state index in [1.807, 2.05) is 13.8 Å². The lowest BCUT2D eigenvalue weighted by Crippen LogP contribution is -2.48. The molecular formula is C12H17FN4O. The van der Waals surface area contributed by atoms with Crippen LogP contribution >= 0.6 is 0 Å². The molecule has 1 unspecified atom stereocenters. The number of hydrogen-bond donors (Lipinski definition) is 4. The van der Waals surface area contributed by atoms with Gasteiger partial charge in [-0.15, -0.1) is 0 Å². The molecule has 0 heterocycles. The summed E-state index contributed by atoms with van der Waals surface area (Å²) in [6.07, 6.45) is 0. The van der Waals surface area contributed by atoms with Crippen LogP contribution in [0.3, 0.4) is 0 Å². The SMILES string of the molecule is CC(C)C(NC(=O)Nc1cccc(F)c1)C(=N)N. The van der Waals surface area contributed by atoms with E-state index < -0.39 is 17.9 Å². The molecule has 0 saturated heterocycles. The van der Waals surface area contributed by atoms with Gasteiger partial charge in [0.25, 0.3) is 0 Å². The Morgan fingerprint density at radius 2 is 2.11 bits per heavy atom. The fourth-order valence-electron chi connectivity index (χ4n) is 1.48. The molecule has 1 rings (SSSR count). The van der Waals surface area contributed by atoms with Gasteiger partial charge in [0.05, 0.1) is 6.04 Å². The predicted octanol–water partition coefficient (Wildman–Crippen LogP) is 1.91. The van der Waals surface area contributed by atoms with E-state index in [9.17, 15) is 9.18 Å². The maximum Gasteiger partial charge on any atom is 0.319 e. The maximum absolute atomic E-state index is 12.9. The minimum absolute atomic E-state index is 0.000703. The summed E-state index contributed by atoms with van der Waals surface area (Å²) in [5, 5.41) is 12.4. The van der Waals surface area contributed by atoms with Crippen LogP contribution in [0.15, 0.2) is 24.3 Å². The van der Waals surface area contributed by atoms with Crippen molar-refractivity contribution < 1.29 is 9.18 Å². The minimum atomic E-state index is -0.543. The molecule has 1 aromatic rings. The van der Waals surface area contributed by atoms with Crippen LogP contribution in [0.25, 0.3) is 0 Å². The van der Waals surface area contributed by atoms with Crippen molar-refractivity contribution in [3.63, 3.8) is 0 Å². The largest absolute Gasteiger partial charge is 0.386 e. The Morgan fingerprint density at radius 1 is 1.44 bits per heavy atom. The molecule has 0 aromatic heterocycles. The molecule has 5 N–H and O–H groups in total. The summed E-state index contributed by atoms with van der Waals surface area (Å²) in [6.45, 7) is 3.68. The second-order valence-electron chi connectivity index (χ2n) is 4.29. The van der Waals surface area contributed by atoms with E-state index in [0.717, 1.165) is 0 Å². The highest BCUT2D eigenvalue weighted by molar-refractivity contribution is 5.94. The molecule has 0 radical (unpaired) electrons. The molecule has 0 aliphatic heterocycles. The smallest absolute Gasteiger partial charge is 0.319 e. The highest BCUT2D eigenvalue weighted by atomic mass is 19.1. The number of halogens is 1. The van der Waals surface area contributed by atoms with Crippen LogP contribution < -0.4 is 16.4 Å². The summed E-state index contributed by atoms with van der Waals surface area (Å²) in [5.74, 6) is -0.542. The topological polar surface area (TPSA) is 91.0 Å². The second kappa shape index (κ2) is 6.00. The van der Waals surface area contributed by atoms with Crippen molar-refractivity contribution in [3.05, 3.63) is 30.1 Å². The third kappa shape index (κ3) is 4.04. The van der Waals surface area contributed by atoms with Crippen LogP contribution in [0.1, 0.15) is 13.8 Å². The van der Waals surface area contributed by atoms with Crippen molar-refractivity contribution in [1.29, 1.82) is 5.41 Å². The van der Waals surface area contributed by atoms with Gasteiger partial charge in [-0.25, -0.2) is 9.18 Å². The Labute approximate surface area is 105 Å². The molecule has 0 spiro atoms. The third-order valence-corrected chi connectivity index (χ3v) is 2.37. The number of carbonyl (C=O) groups is 1. The Hall–Kier alpha value is -2.11. The van der Waals surface area contributed by atoms with Crippen LogP contribution in [0.2, 0.25) is 0 Å². The number of amides is 2. The van der Waals surface area contributed by atoms with E-state index in [4.69, 9.17) is 11.1 Å². The number of rotatable bonds is 4. The van der Waals surface area contributed by atoms with Gasteiger partial charge in [0.15, 0.2) is 0 Å². The van der Waals surface area contributed by atoms with Crippen LogP contribution in [0, 0.1) is 17.1 Å². The first-order chi connectivity index (χ1) is 8.40. The molecule has 0 saturated carbocycles. The fourth-order valence-corrected chi connectivity index (χ4v) is 1.48. The van der Waals surface area contributed by atoms with E-state index in [2.05, 4.69) is 10.6 Å². The molecule has 98 valence electrons. The first kappa shape index (κ1) is 14.0. The molecule has 0 fully saturated rings. The number of nitrogens with two attached hydrogens (primary N) is 1. The zero-order valence-corrected chi connectivity index (χ0v) is 10.3.